The van der Waals surface area contributed by atoms with Gasteiger partial charge in [0.2, 0.25) is 0 Å². The Morgan fingerprint density at radius 2 is 2.42 bits per heavy atom. The van der Waals surface area contributed by atoms with E-state index in [1.54, 1.807) is 13.2 Å². The largest absolute Gasteiger partial charge is 0.380 e. The molecule has 0 aromatic carbocycles. The minimum absolute atomic E-state index is 0.0285. The molecule has 0 saturated heterocycles. The molecule has 1 aromatic rings. The number of Topliss-reactive ketones (excluding diaryl/α,β-unsaturated/α-hetero) is 1. The van der Waals surface area contributed by atoms with Crippen molar-refractivity contribution in [1.82, 2.24) is 4.98 Å². The van der Waals surface area contributed by atoms with Crippen molar-refractivity contribution in [2.24, 2.45) is 0 Å². The van der Waals surface area contributed by atoms with Crippen molar-refractivity contribution in [1.29, 1.82) is 0 Å². The van der Waals surface area contributed by atoms with Gasteiger partial charge in [0.25, 0.3) is 0 Å². The third-order valence-corrected chi connectivity index (χ3v) is 1.86. The summed E-state index contributed by atoms with van der Waals surface area (Å²) in [5.41, 5.74) is 1.33. The Hall–Kier alpha value is -0.800. The number of aromatic nitrogens is 1. The second-order valence-electron chi connectivity index (χ2n) is 2.51. The van der Waals surface area contributed by atoms with Gasteiger partial charge in [0.1, 0.15) is 5.15 Å². The van der Waals surface area contributed by atoms with E-state index in [0.717, 1.165) is 5.56 Å². The Labute approximate surface area is 75.7 Å². The van der Waals surface area contributed by atoms with Crippen molar-refractivity contribution in [3.63, 3.8) is 0 Å². The number of ether oxygens (including phenoxy) is 1. The van der Waals surface area contributed by atoms with Crippen LogP contribution < -0.4 is 0 Å². The summed E-state index contributed by atoms with van der Waals surface area (Å²) in [6, 6.07) is 1.70. The van der Waals surface area contributed by atoms with Gasteiger partial charge in [0, 0.05) is 19.6 Å². The standard InChI is InChI=1S/C8H10ClNO2/c1-5(11)7-3-6(4-12-2)8(9)10-7/h3,10H,4H2,1-2H3. The number of halogens is 1. The summed E-state index contributed by atoms with van der Waals surface area (Å²) in [6.45, 7) is 1.90. The van der Waals surface area contributed by atoms with Gasteiger partial charge in [-0.3, -0.25) is 4.79 Å². The summed E-state index contributed by atoms with van der Waals surface area (Å²) in [7, 11) is 1.58. The molecule has 0 fully saturated rings. The lowest BCUT2D eigenvalue weighted by atomic mass is 10.3. The predicted molar refractivity (Wildman–Crippen MR) is 46.5 cm³/mol. The SMILES string of the molecule is COCc1cc(C(C)=O)[nH]c1Cl. The van der Waals surface area contributed by atoms with E-state index in [-0.39, 0.29) is 5.78 Å². The molecule has 0 bridgehead atoms. The number of carbonyl (C=O) groups is 1. The number of rotatable bonds is 3. The molecular formula is C8H10ClNO2. The maximum absolute atomic E-state index is 10.9. The first-order valence-corrected chi connectivity index (χ1v) is 3.90. The first-order chi connectivity index (χ1) is 5.65. The average Bonchev–Trinajstić information content (AvgIpc) is 2.34. The number of nitrogens with one attached hydrogen (secondary N) is 1. The van der Waals surface area contributed by atoms with E-state index in [1.807, 2.05) is 0 Å². The highest BCUT2D eigenvalue weighted by atomic mass is 35.5. The molecule has 12 heavy (non-hydrogen) atoms. The third kappa shape index (κ3) is 1.87. The summed E-state index contributed by atoms with van der Waals surface area (Å²) in [4.78, 5) is 13.6. The number of H-pyrrole nitrogens is 1. The zero-order chi connectivity index (χ0) is 9.14. The molecule has 3 nitrogen and oxygen atoms in total. The second kappa shape index (κ2) is 3.74. The fourth-order valence-electron chi connectivity index (χ4n) is 0.922. The molecule has 4 heteroatoms. The highest BCUT2D eigenvalue weighted by Crippen LogP contribution is 2.17. The van der Waals surface area contributed by atoms with Gasteiger partial charge in [0.05, 0.1) is 12.3 Å². The molecule has 1 rings (SSSR count). The van der Waals surface area contributed by atoms with Crippen molar-refractivity contribution in [3.05, 3.63) is 22.5 Å². The number of ketones is 1. The minimum Gasteiger partial charge on any atom is -0.380 e. The van der Waals surface area contributed by atoms with Gasteiger partial charge in [-0.15, -0.1) is 0 Å². The third-order valence-electron chi connectivity index (χ3n) is 1.52. The number of aromatic amines is 1. The van der Waals surface area contributed by atoms with Crippen molar-refractivity contribution in [3.8, 4) is 0 Å². The maximum Gasteiger partial charge on any atom is 0.175 e. The number of methoxy groups -OCH3 is 1. The normalized spacial score (nSPS) is 10.2. The lowest BCUT2D eigenvalue weighted by Crippen LogP contribution is -1.90. The molecule has 0 saturated carbocycles. The van der Waals surface area contributed by atoms with Gasteiger partial charge in [-0.2, -0.15) is 0 Å². The van der Waals surface area contributed by atoms with Gasteiger partial charge < -0.3 is 9.72 Å². The fraction of sp³-hybridized carbons (Fsp3) is 0.375. The Kier molecular flexibility index (Phi) is 2.89. The fourth-order valence-corrected chi connectivity index (χ4v) is 1.13. The molecule has 0 unspecified atom stereocenters. The molecule has 66 valence electrons. The monoisotopic (exact) mass is 187 g/mol. The quantitative estimate of drug-likeness (QED) is 0.736. The van der Waals surface area contributed by atoms with Crippen LogP contribution in [0.3, 0.4) is 0 Å². The van der Waals surface area contributed by atoms with Crippen LogP contribution in [0.25, 0.3) is 0 Å². The summed E-state index contributed by atoms with van der Waals surface area (Å²) in [5.74, 6) is -0.0285. The van der Waals surface area contributed by atoms with Crippen molar-refractivity contribution < 1.29 is 9.53 Å². The van der Waals surface area contributed by atoms with Crippen LogP contribution in [0, 0.1) is 0 Å². The molecule has 1 N–H and O–H groups in total. The summed E-state index contributed by atoms with van der Waals surface area (Å²) in [5, 5.41) is 0.474. The van der Waals surface area contributed by atoms with Gasteiger partial charge >= 0.3 is 0 Å². The van der Waals surface area contributed by atoms with E-state index in [9.17, 15) is 4.79 Å². The van der Waals surface area contributed by atoms with Crippen LogP contribution in [-0.2, 0) is 11.3 Å². The van der Waals surface area contributed by atoms with Gasteiger partial charge in [-0.1, -0.05) is 11.6 Å². The van der Waals surface area contributed by atoms with Crippen molar-refractivity contribution in [2.45, 2.75) is 13.5 Å². The number of carbonyl (C=O) groups excluding carboxylic acids is 1. The van der Waals surface area contributed by atoms with Crippen molar-refractivity contribution in [2.75, 3.05) is 7.11 Å². The molecular weight excluding hydrogens is 178 g/mol. The van der Waals surface area contributed by atoms with Crippen LogP contribution >= 0.6 is 11.6 Å². The first kappa shape index (κ1) is 9.29. The van der Waals surface area contributed by atoms with Gasteiger partial charge in [-0.25, -0.2) is 0 Å². The lowest BCUT2D eigenvalue weighted by Gasteiger charge is -1.92. The molecule has 0 amide bonds. The molecule has 0 aliphatic rings. The van der Waals surface area contributed by atoms with Gasteiger partial charge in [-0.05, 0) is 6.07 Å². The average molecular weight is 188 g/mol. The lowest BCUT2D eigenvalue weighted by molar-refractivity contribution is 0.101. The molecule has 0 spiro atoms. The molecule has 1 heterocycles. The van der Waals surface area contributed by atoms with Crippen LogP contribution in [0.5, 0.6) is 0 Å². The summed E-state index contributed by atoms with van der Waals surface area (Å²) in [6.07, 6.45) is 0. The van der Waals surface area contributed by atoms with Crippen LogP contribution in [-0.4, -0.2) is 17.9 Å². The number of hydrogen-bond acceptors (Lipinski definition) is 2. The van der Waals surface area contributed by atoms with E-state index in [4.69, 9.17) is 16.3 Å². The highest BCUT2D eigenvalue weighted by Gasteiger charge is 2.08. The van der Waals surface area contributed by atoms with Crippen LogP contribution in [0.15, 0.2) is 6.07 Å². The Morgan fingerprint density at radius 3 is 2.83 bits per heavy atom. The van der Waals surface area contributed by atoms with Crippen LogP contribution in [0.2, 0.25) is 5.15 Å². The zero-order valence-electron chi connectivity index (χ0n) is 6.98. The second-order valence-corrected chi connectivity index (χ2v) is 2.89. The smallest absolute Gasteiger partial charge is 0.175 e. The van der Waals surface area contributed by atoms with Crippen LogP contribution in [0.1, 0.15) is 23.0 Å². The molecule has 0 aliphatic heterocycles. The predicted octanol–water partition coefficient (Wildman–Crippen LogP) is 2.02. The molecule has 0 aliphatic carbocycles. The molecule has 1 aromatic heterocycles. The Balaban J connectivity index is 2.92. The van der Waals surface area contributed by atoms with Crippen molar-refractivity contribution >= 4 is 17.4 Å². The number of hydrogen-bond donors (Lipinski definition) is 1. The van der Waals surface area contributed by atoms with E-state index in [1.165, 1.54) is 6.92 Å². The first-order valence-electron chi connectivity index (χ1n) is 3.52. The topological polar surface area (TPSA) is 42.1 Å². The Bertz CT molecular complexity index is 293. The Morgan fingerprint density at radius 1 is 1.75 bits per heavy atom. The summed E-state index contributed by atoms with van der Waals surface area (Å²) >= 11 is 5.78. The maximum atomic E-state index is 10.9. The summed E-state index contributed by atoms with van der Waals surface area (Å²) < 4.78 is 4.89. The molecule has 0 radical (unpaired) electrons. The van der Waals surface area contributed by atoms with Gasteiger partial charge in [0.15, 0.2) is 5.78 Å². The van der Waals surface area contributed by atoms with E-state index in [0.29, 0.717) is 17.5 Å². The zero-order valence-corrected chi connectivity index (χ0v) is 7.73. The van der Waals surface area contributed by atoms with E-state index in [2.05, 4.69) is 4.98 Å². The highest BCUT2D eigenvalue weighted by molar-refractivity contribution is 6.30. The molecule has 0 atom stereocenters. The van der Waals surface area contributed by atoms with E-state index >= 15 is 0 Å². The van der Waals surface area contributed by atoms with E-state index < -0.39 is 0 Å². The minimum atomic E-state index is -0.0285. The van der Waals surface area contributed by atoms with Crippen LogP contribution in [0.4, 0.5) is 0 Å².